The molecule has 2 rings (SSSR count). The van der Waals surface area contributed by atoms with E-state index >= 15 is 0 Å². The average Bonchev–Trinajstić information content (AvgIpc) is 2.51. The predicted molar refractivity (Wildman–Crippen MR) is 93.9 cm³/mol. The molecule has 0 spiro atoms. The Labute approximate surface area is 153 Å². The Balaban J connectivity index is 2.38. The topological polar surface area (TPSA) is 65.0 Å². The van der Waals surface area contributed by atoms with Gasteiger partial charge in [0.15, 0.2) is 0 Å². The van der Waals surface area contributed by atoms with E-state index in [0.717, 1.165) is 17.8 Å². The maximum atomic E-state index is 12.7. The molecule has 0 saturated carbocycles. The van der Waals surface area contributed by atoms with Crippen LogP contribution in [0.2, 0.25) is 0 Å². The van der Waals surface area contributed by atoms with Crippen LogP contribution in [0.5, 0.6) is 0 Å². The molecule has 4 nitrogen and oxygen atoms in total. The van der Waals surface area contributed by atoms with Crippen molar-refractivity contribution in [2.45, 2.75) is 44.8 Å². The molecule has 0 saturated heterocycles. The molecule has 142 valence electrons. The fourth-order valence-corrected chi connectivity index (χ4v) is 2.79. The van der Waals surface area contributed by atoms with Crippen LogP contribution in [0.25, 0.3) is 11.1 Å². The Kier molecular flexibility index (Phi) is 6.21. The zero-order valence-corrected chi connectivity index (χ0v) is 15.5. The second kappa shape index (κ2) is 7.85. The van der Waals surface area contributed by atoms with Gasteiger partial charge in [-0.2, -0.15) is 13.2 Å². The van der Waals surface area contributed by atoms with Crippen molar-refractivity contribution in [3.63, 3.8) is 0 Å². The van der Waals surface area contributed by atoms with E-state index in [1.807, 2.05) is 26.8 Å². The van der Waals surface area contributed by atoms with Crippen LogP contribution < -0.4 is 5.32 Å². The molecule has 0 amide bonds. The van der Waals surface area contributed by atoms with Crippen molar-refractivity contribution in [3.8, 4) is 11.1 Å². The molecule has 2 aromatic rings. The average molecular weight is 385 g/mol. The predicted octanol–water partition coefficient (Wildman–Crippen LogP) is 4.03. The largest absolute Gasteiger partial charge is 0.772 e. The Bertz CT molecular complexity index is 785. The van der Waals surface area contributed by atoms with Crippen LogP contribution in [0.1, 0.15) is 37.6 Å². The number of benzene rings is 1. The summed E-state index contributed by atoms with van der Waals surface area (Å²) in [7, 11) is 0. The Morgan fingerprint density at radius 2 is 1.73 bits per heavy atom. The van der Waals surface area contributed by atoms with E-state index in [1.54, 1.807) is 12.1 Å². The molecule has 0 bridgehead atoms. The summed E-state index contributed by atoms with van der Waals surface area (Å²) in [4.78, 5) is 3.47. The van der Waals surface area contributed by atoms with Crippen molar-refractivity contribution in [2.24, 2.45) is 0 Å². The normalized spacial score (nSPS) is 13.7. The molecule has 0 fully saturated rings. The number of nitrogens with one attached hydrogen (secondary N) is 1. The first-order chi connectivity index (χ1) is 11.9. The molecular weight excluding hydrogens is 365 g/mol. The van der Waals surface area contributed by atoms with E-state index in [-0.39, 0.29) is 11.3 Å². The minimum Gasteiger partial charge on any atom is -0.772 e. The van der Waals surface area contributed by atoms with Crippen LogP contribution in [0, 0.1) is 0 Å². The maximum absolute atomic E-state index is 12.7. The monoisotopic (exact) mass is 385 g/mol. The molecular formula is C18H20F3N2O2S-. The summed E-state index contributed by atoms with van der Waals surface area (Å²) in [6, 6.07) is 7.50. The third-order valence-corrected chi connectivity index (χ3v) is 4.12. The Morgan fingerprint density at radius 3 is 2.23 bits per heavy atom. The second-order valence-corrected chi connectivity index (χ2v) is 7.92. The van der Waals surface area contributed by atoms with E-state index in [1.165, 1.54) is 6.07 Å². The molecule has 1 heterocycles. The summed E-state index contributed by atoms with van der Waals surface area (Å²) in [5.74, 6) is -0.162. The highest BCUT2D eigenvalue weighted by Gasteiger charge is 2.32. The lowest BCUT2D eigenvalue weighted by molar-refractivity contribution is -0.141. The molecule has 8 heteroatoms. The van der Waals surface area contributed by atoms with Gasteiger partial charge in [0.2, 0.25) is 0 Å². The fraction of sp³-hybridized carbons (Fsp3) is 0.389. The van der Waals surface area contributed by atoms with Crippen molar-refractivity contribution in [2.75, 3.05) is 0 Å². The number of pyridine rings is 1. The second-order valence-electron chi connectivity index (χ2n) is 7.02. The van der Waals surface area contributed by atoms with Crippen LogP contribution in [0.15, 0.2) is 36.5 Å². The van der Waals surface area contributed by atoms with Crippen molar-refractivity contribution in [3.05, 3.63) is 53.3 Å². The number of hydrogen-bond acceptors (Lipinski definition) is 4. The minimum atomic E-state index is -4.50. The van der Waals surface area contributed by atoms with Gasteiger partial charge >= 0.3 is 6.18 Å². The van der Waals surface area contributed by atoms with Gasteiger partial charge in [-0.3, -0.25) is 9.19 Å². The van der Waals surface area contributed by atoms with Gasteiger partial charge in [-0.1, -0.05) is 29.3 Å². The standard InChI is InChI=1S/C18H21F3N2O2S/c1-17(2,3)23-9-12-6-13(11-26(24)25)8-15(7-12)14-4-5-16(22-10-14)18(19,20)21/h4-8,10,23H,9,11H2,1-3H3,(H,24,25)/p-1. The fourth-order valence-electron chi connectivity index (χ4n) is 2.35. The molecule has 1 unspecified atom stereocenters. The lowest BCUT2D eigenvalue weighted by Gasteiger charge is -2.21. The lowest BCUT2D eigenvalue weighted by atomic mass is 10.0. The molecule has 1 aromatic heterocycles. The summed E-state index contributed by atoms with van der Waals surface area (Å²) >= 11 is -2.26. The van der Waals surface area contributed by atoms with Gasteiger partial charge < -0.3 is 9.87 Å². The van der Waals surface area contributed by atoms with E-state index in [0.29, 0.717) is 23.2 Å². The molecule has 1 atom stereocenters. The smallest absolute Gasteiger partial charge is 0.433 e. The van der Waals surface area contributed by atoms with Crippen molar-refractivity contribution in [1.82, 2.24) is 10.3 Å². The molecule has 0 radical (unpaired) electrons. The van der Waals surface area contributed by atoms with Gasteiger partial charge in [0, 0.05) is 29.6 Å². The highest BCUT2D eigenvalue weighted by molar-refractivity contribution is 7.78. The first-order valence-electron chi connectivity index (χ1n) is 7.91. The van der Waals surface area contributed by atoms with Crippen LogP contribution in [0.3, 0.4) is 0 Å². The SMILES string of the molecule is CC(C)(C)NCc1cc(CS(=O)[O-])cc(-c2ccc(C(F)(F)F)nc2)c1. The summed E-state index contributed by atoms with van der Waals surface area (Å²) in [6.07, 6.45) is -3.35. The molecule has 1 N–H and O–H groups in total. The quantitative estimate of drug-likeness (QED) is 0.789. The zero-order chi connectivity index (χ0) is 19.5. The number of halogens is 3. The van der Waals surface area contributed by atoms with Crippen molar-refractivity contribution in [1.29, 1.82) is 0 Å². The zero-order valence-electron chi connectivity index (χ0n) is 14.7. The van der Waals surface area contributed by atoms with E-state index < -0.39 is 23.0 Å². The summed E-state index contributed by atoms with van der Waals surface area (Å²) < 4.78 is 60.1. The molecule has 26 heavy (non-hydrogen) atoms. The third kappa shape index (κ3) is 6.19. The lowest BCUT2D eigenvalue weighted by Crippen LogP contribution is -2.35. The number of aromatic nitrogens is 1. The summed E-state index contributed by atoms with van der Waals surface area (Å²) in [5.41, 5.74) is 1.44. The van der Waals surface area contributed by atoms with Gasteiger partial charge in [-0.25, -0.2) is 0 Å². The minimum absolute atomic E-state index is 0.132. The Hall–Kier alpha value is -1.77. The third-order valence-electron chi connectivity index (χ3n) is 3.55. The summed E-state index contributed by atoms with van der Waals surface area (Å²) in [6.45, 7) is 6.52. The molecule has 0 aliphatic carbocycles. The number of nitrogens with zero attached hydrogens (tertiary/aromatic N) is 1. The van der Waals surface area contributed by atoms with Crippen molar-refractivity contribution >= 4 is 11.1 Å². The number of alkyl halides is 3. The van der Waals surface area contributed by atoms with Crippen LogP contribution >= 0.6 is 0 Å². The van der Waals surface area contributed by atoms with Gasteiger partial charge in [-0.05, 0) is 49.6 Å². The molecule has 1 aromatic carbocycles. The number of rotatable bonds is 5. The molecule has 0 aliphatic heterocycles. The van der Waals surface area contributed by atoms with Crippen LogP contribution in [0.4, 0.5) is 13.2 Å². The van der Waals surface area contributed by atoms with Crippen LogP contribution in [-0.4, -0.2) is 19.3 Å². The summed E-state index contributed by atoms with van der Waals surface area (Å²) in [5, 5.41) is 3.31. The van der Waals surface area contributed by atoms with E-state index in [2.05, 4.69) is 10.3 Å². The first-order valence-corrected chi connectivity index (χ1v) is 9.16. The highest BCUT2D eigenvalue weighted by atomic mass is 32.2. The van der Waals surface area contributed by atoms with E-state index in [4.69, 9.17) is 0 Å². The maximum Gasteiger partial charge on any atom is 0.433 e. The first kappa shape index (κ1) is 20.5. The number of hydrogen-bond donors (Lipinski definition) is 1. The Morgan fingerprint density at radius 1 is 1.08 bits per heavy atom. The van der Waals surface area contributed by atoms with Crippen molar-refractivity contribution < 1.29 is 21.9 Å². The van der Waals surface area contributed by atoms with Gasteiger partial charge in [0.05, 0.1) is 0 Å². The van der Waals surface area contributed by atoms with E-state index in [9.17, 15) is 21.9 Å². The van der Waals surface area contributed by atoms with Crippen LogP contribution in [-0.2, 0) is 29.6 Å². The van der Waals surface area contributed by atoms with Gasteiger partial charge in [0.25, 0.3) is 0 Å². The molecule has 0 aliphatic rings. The van der Waals surface area contributed by atoms with Gasteiger partial charge in [0.1, 0.15) is 5.69 Å². The van der Waals surface area contributed by atoms with Gasteiger partial charge in [-0.15, -0.1) is 0 Å². The highest BCUT2D eigenvalue weighted by Crippen LogP contribution is 2.29.